The number of aromatic nitrogens is 2. The van der Waals surface area contributed by atoms with Crippen molar-refractivity contribution in [2.24, 2.45) is 7.05 Å². The van der Waals surface area contributed by atoms with Crippen LogP contribution < -0.4 is 0 Å². The Morgan fingerprint density at radius 2 is 1.29 bits per heavy atom. The summed E-state index contributed by atoms with van der Waals surface area (Å²) < 4.78 is 1.88. The summed E-state index contributed by atoms with van der Waals surface area (Å²) in [5.74, 6) is 0. The Morgan fingerprint density at radius 1 is 0.750 bits per heavy atom. The molecule has 4 rings (SSSR count). The van der Waals surface area contributed by atoms with Crippen LogP contribution in [0.1, 0.15) is 0 Å². The second kappa shape index (κ2) is 5.97. The molecule has 24 heavy (non-hydrogen) atoms. The SMILES string of the molecule is Cn1nc(-c2ccccc2)c2c(Cl)cc(Cl)c-2c1-c1ccccc1. The van der Waals surface area contributed by atoms with Crippen LogP contribution in [-0.4, -0.2) is 9.78 Å². The summed E-state index contributed by atoms with van der Waals surface area (Å²) in [4.78, 5) is 0. The van der Waals surface area contributed by atoms with Gasteiger partial charge in [-0.2, -0.15) is 5.10 Å². The third kappa shape index (κ3) is 2.39. The van der Waals surface area contributed by atoms with E-state index in [0.717, 1.165) is 33.6 Å². The Bertz CT molecular complexity index is 976. The zero-order valence-corrected chi connectivity index (χ0v) is 14.5. The Balaban J connectivity index is 2.09. The van der Waals surface area contributed by atoms with E-state index >= 15 is 0 Å². The maximum atomic E-state index is 6.54. The van der Waals surface area contributed by atoms with Crippen molar-refractivity contribution in [2.75, 3.05) is 0 Å². The molecule has 1 heterocycles. The fourth-order valence-electron chi connectivity index (χ4n) is 3.09. The summed E-state index contributed by atoms with van der Waals surface area (Å²) in [6, 6.07) is 21.9. The molecular formula is C20H14Cl2N2. The maximum Gasteiger partial charge on any atom is 0.100 e. The third-order valence-electron chi connectivity index (χ3n) is 4.12. The largest absolute Gasteiger partial charge is 0.267 e. The van der Waals surface area contributed by atoms with Gasteiger partial charge in [-0.25, -0.2) is 0 Å². The van der Waals surface area contributed by atoms with E-state index in [0.29, 0.717) is 10.0 Å². The molecule has 0 atom stereocenters. The molecular weight excluding hydrogens is 339 g/mol. The van der Waals surface area contributed by atoms with Crippen molar-refractivity contribution >= 4 is 23.2 Å². The van der Waals surface area contributed by atoms with Gasteiger partial charge in [0, 0.05) is 29.3 Å². The Morgan fingerprint density at radius 3 is 1.92 bits per heavy atom. The van der Waals surface area contributed by atoms with Crippen LogP contribution >= 0.6 is 23.2 Å². The van der Waals surface area contributed by atoms with Gasteiger partial charge >= 0.3 is 0 Å². The summed E-state index contributed by atoms with van der Waals surface area (Å²) in [6.45, 7) is 0. The maximum absolute atomic E-state index is 6.54. The predicted octanol–water partition coefficient (Wildman–Crippen LogP) is 6.17. The average molecular weight is 353 g/mol. The average Bonchev–Trinajstić information content (AvgIpc) is 2.90. The lowest BCUT2D eigenvalue weighted by Crippen LogP contribution is -2.07. The van der Waals surface area contributed by atoms with Crippen LogP contribution in [0.4, 0.5) is 0 Å². The Kier molecular flexibility index (Phi) is 3.79. The van der Waals surface area contributed by atoms with Gasteiger partial charge in [0.2, 0.25) is 0 Å². The number of fused-ring (bicyclic) bond motifs is 1. The Hall–Kier alpha value is -2.29. The van der Waals surface area contributed by atoms with E-state index < -0.39 is 0 Å². The second-order valence-electron chi connectivity index (χ2n) is 5.64. The molecule has 1 aliphatic carbocycles. The van der Waals surface area contributed by atoms with E-state index in [1.807, 2.05) is 60.3 Å². The molecule has 0 N–H and O–H groups in total. The molecule has 2 aromatic carbocycles. The van der Waals surface area contributed by atoms with Crippen LogP contribution in [0.5, 0.6) is 0 Å². The van der Waals surface area contributed by atoms with Crippen LogP contribution in [-0.2, 0) is 7.05 Å². The van der Waals surface area contributed by atoms with E-state index in [1.165, 1.54) is 0 Å². The molecule has 1 aliphatic heterocycles. The van der Waals surface area contributed by atoms with Crippen LogP contribution in [0.3, 0.4) is 0 Å². The van der Waals surface area contributed by atoms with E-state index in [1.54, 1.807) is 6.07 Å². The van der Waals surface area contributed by atoms with Gasteiger partial charge in [0.25, 0.3) is 0 Å². The van der Waals surface area contributed by atoms with Crippen LogP contribution in [0, 0.1) is 0 Å². The van der Waals surface area contributed by atoms with Crippen molar-refractivity contribution < 1.29 is 0 Å². The second-order valence-corrected chi connectivity index (χ2v) is 6.46. The molecule has 4 heteroatoms. The van der Waals surface area contributed by atoms with Gasteiger partial charge in [-0.3, -0.25) is 4.68 Å². The summed E-state index contributed by atoms with van der Waals surface area (Å²) in [5, 5.41) is 6.06. The van der Waals surface area contributed by atoms with E-state index in [4.69, 9.17) is 28.3 Å². The summed E-state index contributed by atoms with van der Waals surface area (Å²) in [6.07, 6.45) is 0. The van der Waals surface area contributed by atoms with Crippen molar-refractivity contribution in [2.45, 2.75) is 0 Å². The highest BCUT2D eigenvalue weighted by Gasteiger charge is 2.26. The first kappa shape index (κ1) is 15.3. The van der Waals surface area contributed by atoms with Crippen molar-refractivity contribution in [1.29, 1.82) is 0 Å². The van der Waals surface area contributed by atoms with Crippen molar-refractivity contribution in [3.05, 3.63) is 76.8 Å². The quantitative estimate of drug-likeness (QED) is 0.422. The molecule has 0 radical (unpaired) electrons. The lowest BCUT2D eigenvalue weighted by molar-refractivity contribution is 0.755. The van der Waals surface area contributed by atoms with Crippen molar-refractivity contribution in [3.63, 3.8) is 0 Å². The van der Waals surface area contributed by atoms with Gasteiger partial charge in [-0.15, -0.1) is 0 Å². The summed E-state index contributed by atoms with van der Waals surface area (Å²) >= 11 is 13.0. The van der Waals surface area contributed by atoms with E-state index in [9.17, 15) is 0 Å². The van der Waals surface area contributed by atoms with Crippen molar-refractivity contribution in [3.8, 4) is 33.6 Å². The summed E-state index contributed by atoms with van der Waals surface area (Å²) in [5.41, 5.74) is 5.70. The molecule has 2 nitrogen and oxygen atoms in total. The number of aryl methyl sites for hydroxylation is 1. The topological polar surface area (TPSA) is 17.8 Å². The number of nitrogens with zero attached hydrogens (tertiary/aromatic N) is 2. The number of hydrogen-bond acceptors (Lipinski definition) is 1. The van der Waals surface area contributed by atoms with Crippen LogP contribution in [0.25, 0.3) is 33.6 Å². The lowest BCUT2D eigenvalue weighted by atomic mass is 9.98. The van der Waals surface area contributed by atoms with Crippen LogP contribution in [0.2, 0.25) is 10.0 Å². The molecule has 0 aromatic heterocycles. The smallest absolute Gasteiger partial charge is 0.100 e. The first-order chi connectivity index (χ1) is 11.7. The highest BCUT2D eigenvalue weighted by atomic mass is 35.5. The molecule has 0 fully saturated rings. The molecule has 0 amide bonds. The molecule has 118 valence electrons. The molecule has 0 spiro atoms. The number of rotatable bonds is 2. The van der Waals surface area contributed by atoms with Crippen molar-refractivity contribution in [1.82, 2.24) is 9.78 Å². The first-order valence-electron chi connectivity index (χ1n) is 7.62. The van der Waals surface area contributed by atoms with Gasteiger partial charge < -0.3 is 0 Å². The zero-order valence-electron chi connectivity index (χ0n) is 13.0. The fraction of sp³-hybridized carbons (Fsp3) is 0.0500. The normalized spacial score (nSPS) is 11.1. The minimum atomic E-state index is 0.624. The molecule has 0 unspecified atom stereocenters. The zero-order chi connectivity index (χ0) is 16.7. The minimum Gasteiger partial charge on any atom is -0.267 e. The standard InChI is InChI=1S/C20H14Cl2N2/c1-24-20(14-10-6-3-7-11-14)18-16(22)12-15(21)17(18)19(23-24)13-8-4-2-5-9-13/h2-12H,1H3. The minimum absolute atomic E-state index is 0.624. The molecule has 0 bridgehead atoms. The lowest BCUT2D eigenvalue weighted by Gasteiger charge is -2.18. The number of halogens is 2. The first-order valence-corrected chi connectivity index (χ1v) is 8.38. The van der Waals surface area contributed by atoms with E-state index in [2.05, 4.69) is 12.1 Å². The van der Waals surface area contributed by atoms with Gasteiger partial charge in [0.15, 0.2) is 0 Å². The third-order valence-corrected chi connectivity index (χ3v) is 4.72. The highest BCUT2D eigenvalue weighted by Crippen LogP contribution is 2.48. The monoisotopic (exact) mass is 352 g/mol. The predicted molar refractivity (Wildman–Crippen MR) is 101 cm³/mol. The van der Waals surface area contributed by atoms with Gasteiger partial charge in [0.05, 0.1) is 15.7 Å². The van der Waals surface area contributed by atoms with Gasteiger partial charge in [-0.1, -0.05) is 83.9 Å². The van der Waals surface area contributed by atoms with Crippen LogP contribution in [0.15, 0.2) is 66.7 Å². The highest BCUT2D eigenvalue weighted by molar-refractivity contribution is 6.41. The van der Waals surface area contributed by atoms with Gasteiger partial charge in [0.1, 0.15) is 5.69 Å². The van der Waals surface area contributed by atoms with E-state index in [-0.39, 0.29) is 0 Å². The number of benzene rings is 2. The molecule has 0 saturated carbocycles. The molecule has 2 aromatic rings. The van der Waals surface area contributed by atoms with Gasteiger partial charge in [-0.05, 0) is 6.07 Å². The number of hydrogen-bond donors (Lipinski definition) is 0. The Labute approximate surface area is 150 Å². The molecule has 2 aliphatic rings. The molecule has 0 saturated heterocycles. The summed E-state index contributed by atoms with van der Waals surface area (Å²) in [7, 11) is 1.94. The fourth-order valence-corrected chi connectivity index (χ4v) is 3.74.